The van der Waals surface area contributed by atoms with E-state index in [1.54, 1.807) is 6.20 Å². The normalized spacial score (nSPS) is 10.7. The molecule has 0 bridgehead atoms. The molecule has 90 valence electrons. The lowest BCUT2D eigenvalue weighted by molar-refractivity contribution is 0.187. The second kappa shape index (κ2) is 5.53. The second-order valence-corrected chi connectivity index (χ2v) is 3.86. The molecule has 0 saturated heterocycles. The van der Waals surface area contributed by atoms with Crippen molar-refractivity contribution >= 4 is 0 Å². The van der Waals surface area contributed by atoms with Crippen molar-refractivity contribution in [3.8, 4) is 17.6 Å². The van der Waals surface area contributed by atoms with Crippen LogP contribution in [0.15, 0.2) is 6.20 Å². The topological polar surface area (TPSA) is 53.5 Å². The summed E-state index contributed by atoms with van der Waals surface area (Å²) in [6.45, 7) is 7.72. The predicted octanol–water partition coefficient (Wildman–Crippen LogP) is 2.06. The Labute approximate surface area is 95.8 Å². The lowest BCUT2D eigenvalue weighted by Gasteiger charge is -2.15. The van der Waals surface area contributed by atoms with Crippen LogP contribution < -0.4 is 14.2 Å². The molecule has 0 aromatic carbocycles. The molecule has 0 fully saturated rings. The smallest absolute Gasteiger partial charge is 0.319 e. The van der Waals surface area contributed by atoms with E-state index < -0.39 is 0 Å². The molecule has 0 atom stereocenters. The van der Waals surface area contributed by atoms with Gasteiger partial charge in [0.25, 0.3) is 5.88 Å². The zero-order valence-electron chi connectivity index (χ0n) is 10.4. The summed E-state index contributed by atoms with van der Waals surface area (Å²) in [5, 5.41) is 0. The molecule has 1 aromatic rings. The third-order valence-corrected chi connectivity index (χ3v) is 1.59. The first-order valence-electron chi connectivity index (χ1n) is 5.27. The summed E-state index contributed by atoms with van der Waals surface area (Å²) in [6.07, 6.45) is 1.63. The largest absolute Gasteiger partial charge is 0.484 e. The van der Waals surface area contributed by atoms with Crippen LogP contribution in [0.4, 0.5) is 0 Å². The van der Waals surface area contributed by atoms with Gasteiger partial charge in [-0.15, -0.1) is 0 Å². The van der Waals surface area contributed by atoms with Gasteiger partial charge in [-0.1, -0.05) is 0 Å². The van der Waals surface area contributed by atoms with Crippen molar-refractivity contribution in [3.63, 3.8) is 0 Å². The van der Waals surface area contributed by atoms with E-state index in [1.807, 2.05) is 27.7 Å². The lowest BCUT2D eigenvalue weighted by Crippen LogP contribution is -2.12. The van der Waals surface area contributed by atoms with Gasteiger partial charge < -0.3 is 14.2 Å². The van der Waals surface area contributed by atoms with Crippen LogP contribution in [0.2, 0.25) is 0 Å². The van der Waals surface area contributed by atoms with Crippen LogP contribution in [0.25, 0.3) is 0 Å². The summed E-state index contributed by atoms with van der Waals surface area (Å²) in [6, 6.07) is 0.270. The molecule has 16 heavy (non-hydrogen) atoms. The first kappa shape index (κ1) is 12.5. The van der Waals surface area contributed by atoms with Crippen LogP contribution in [0.1, 0.15) is 27.7 Å². The van der Waals surface area contributed by atoms with Crippen LogP contribution >= 0.6 is 0 Å². The Morgan fingerprint density at radius 3 is 2.19 bits per heavy atom. The summed E-state index contributed by atoms with van der Waals surface area (Å²) in [5.74, 6) is 0.944. The molecular weight excluding hydrogens is 208 g/mol. The number of rotatable bonds is 5. The van der Waals surface area contributed by atoms with E-state index in [4.69, 9.17) is 14.2 Å². The highest BCUT2D eigenvalue weighted by Gasteiger charge is 2.13. The Hall–Kier alpha value is -1.52. The van der Waals surface area contributed by atoms with Crippen LogP contribution in [0, 0.1) is 0 Å². The maximum absolute atomic E-state index is 5.54. The van der Waals surface area contributed by atoms with Crippen LogP contribution in [-0.4, -0.2) is 29.3 Å². The Kier molecular flexibility index (Phi) is 4.34. The lowest BCUT2D eigenvalue weighted by atomic mass is 10.4. The quantitative estimate of drug-likeness (QED) is 0.769. The molecule has 0 aliphatic carbocycles. The SMILES string of the molecule is COc1ncc(OC(C)C)c(OC(C)C)n1. The van der Waals surface area contributed by atoms with Gasteiger partial charge in [0.2, 0.25) is 5.75 Å². The van der Waals surface area contributed by atoms with Gasteiger partial charge >= 0.3 is 6.01 Å². The van der Waals surface area contributed by atoms with E-state index >= 15 is 0 Å². The molecule has 0 unspecified atom stereocenters. The molecule has 0 radical (unpaired) electrons. The van der Waals surface area contributed by atoms with Gasteiger partial charge in [0.05, 0.1) is 25.5 Å². The fourth-order valence-electron chi connectivity index (χ4n) is 1.08. The summed E-state index contributed by atoms with van der Waals surface area (Å²) in [5.41, 5.74) is 0. The number of hydrogen-bond donors (Lipinski definition) is 0. The van der Waals surface area contributed by atoms with Gasteiger partial charge in [0.15, 0.2) is 0 Å². The minimum Gasteiger partial charge on any atom is -0.484 e. The fourth-order valence-corrected chi connectivity index (χ4v) is 1.08. The van der Waals surface area contributed by atoms with E-state index in [1.165, 1.54) is 7.11 Å². The minimum atomic E-state index is 0.0223. The zero-order chi connectivity index (χ0) is 12.1. The molecule has 0 aliphatic heterocycles. The van der Waals surface area contributed by atoms with Gasteiger partial charge in [0, 0.05) is 0 Å². The van der Waals surface area contributed by atoms with Gasteiger partial charge in [0.1, 0.15) is 0 Å². The standard InChI is InChI=1S/C11H18N2O3/c1-7(2)15-9-6-12-11(14-5)13-10(9)16-8(3)4/h6-8H,1-5H3. The molecular formula is C11H18N2O3. The van der Waals surface area contributed by atoms with Crippen molar-refractivity contribution in [2.24, 2.45) is 0 Å². The summed E-state index contributed by atoms with van der Waals surface area (Å²) in [4.78, 5) is 8.08. The minimum absolute atomic E-state index is 0.0223. The van der Waals surface area contributed by atoms with E-state index in [0.717, 1.165) is 0 Å². The van der Waals surface area contributed by atoms with E-state index in [9.17, 15) is 0 Å². The highest BCUT2D eigenvalue weighted by molar-refractivity contribution is 5.32. The molecule has 0 N–H and O–H groups in total. The summed E-state index contributed by atoms with van der Waals surface area (Å²) >= 11 is 0. The van der Waals surface area contributed by atoms with Crippen molar-refractivity contribution in [2.45, 2.75) is 39.9 Å². The molecule has 0 spiro atoms. The van der Waals surface area contributed by atoms with Crippen molar-refractivity contribution in [1.82, 2.24) is 9.97 Å². The maximum atomic E-state index is 5.54. The zero-order valence-corrected chi connectivity index (χ0v) is 10.4. The Balaban J connectivity index is 2.96. The van der Waals surface area contributed by atoms with Gasteiger partial charge in [-0.25, -0.2) is 0 Å². The van der Waals surface area contributed by atoms with Gasteiger partial charge in [-0.2, -0.15) is 9.97 Å². The Morgan fingerprint density at radius 1 is 1.06 bits per heavy atom. The average molecular weight is 226 g/mol. The number of methoxy groups -OCH3 is 1. The second-order valence-electron chi connectivity index (χ2n) is 3.86. The van der Waals surface area contributed by atoms with Crippen molar-refractivity contribution in [2.75, 3.05) is 7.11 Å². The third kappa shape index (κ3) is 3.56. The van der Waals surface area contributed by atoms with Gasteiger partial charge in [-0.05, 0) is 27.7 Å². The van der Waals surface area contributed by atoms with Crippen molar-refractivity contribution in [1.29, 1.82) is 0 Å². The Bertz CT molecular complexity index is 340. The monoisotopic (exact) mass is 226 g/mol. The number of nitrogens with zero attached hydrogens (tertiary/aromatic N) is 2. The number of ether oxygens (including phenoxy) is 3. The Morgan fingerprint density at radius 2 is 1.69 bits per heavy atom. The molecule has 1 rings (SSSR count). The summed E-state index contributed by atoms with van der Waals surface area (Å²) < 4.78 is 16.0. The van der Waals surface area contributed by atoms with Crippen LogP contribution in [0.3, 0.4) is 0 Å². The van der Waals surface area contributed by atoms with Crippen LogP contribution in [0.5, 0.6) is 17.6 Å². The van der Waals surface area contributed by atoms with Crippen molar-refractivity contribution < 1.29 is 14.2 Å². The molecule has 0 aliphatic rings. The fraction of sp³-hybridized carbons (Fsp3) is 0.636. The van der Waals surface area contributed by atoms with E-state index in [-0.39, 0.29) is 18.2 Å². The number of hydrogen-bond acceptors (Lipinski definition) is 5. The first-order valence-corrected chi connectivity index (χ1v) is 5.27. The first-order chi connectivity index (χ1) is 7.52. The highest BCUT2D eigenvalue weighted by Crippen LogP contribution is 2.27. The van der Waals surface area contributed by atoms with E-state index in [0.29, 0.717) is 11.6 Å². The molecule has 1 aromatic heterocycles. The predicted molar refractivity (Wildman–Crippen MR) is 60.1 cm³/mol. The van der Waals surface area contributed by atoms with Gasteiger partial charge in [-0.3, -0.25) is 0 Å². The molecule has 1 heterocycles. The summed E-state index contributed by atoms with van der Waals surface area (Å²) in [7, 11) is 1.51. The maximum Gasteiger partial charge on any atom is 0.319 e. The molecule has 0 saturated carbocycles. The van der Waals surface area contributed by atoms with E-state index in [2.05, 4.69) is 9.97 Å². The van der Waals surface area contributed by atoms with Crippen LogP contribution in [-0.2, 0) is 0 Å². The average Bonchev–Trinajstić information content (AvgIpc) is 2.19. The molecule has 5 nitrogen and oxygen atoms in total. The van der Waals surface area contributed by atoms with Crippen molar-refractivity contribution in [3.05, 3.63) is 6.20 Å². The third-order valence-electron chi connectivity index (χ3n) is 1.59. The highest BCUT2D eigenvalue weighted by atomic mass is 16.5. The number of aromatic nitrogens is 2. The molecule has 0 amide bonds. The molecule has 5 heteroatoms.